The van der Waals surface area contributed by atoms with Gasteiger partial charge in [-0.3, -0.25) is 0 Å². The van der Waals surface area contributed by atoms with Crippen molar-refractivity contribution in [1.82, 2.24) is 0 Å². The minimum atomic E-state index is 0.435. The van der Waals surface area contributed by atoms with Gasteiger partial charge >= 0.3 is 0 Å². The molecule has 7 rings (SSSR count). The highest BCUT2D eigenvalue weighted by atomic mass is 16.6. The van der Waals surface area contributed by atoms with E-state index in [2.05, 4.69) is 66.7 Å². The molecule has 0 atom stereocenters. The fourth-order valence-corrected chi connectivity index (χ4v) is 6.53. The Labute approximate surface area is 258 Å². The number of rotatable bonds is 1. The number of ether oxygens (including phenoxy) is 6. The molecule has 0 fully saturated rings. The third-order valence-corrected chi connectivity index (χ3v) is 8.49. The second-order valence-electron chi connectivity index (χ2n) is 11.5. The van der Waals surface area contributed by atoms with Crippen LogP contribution >= 0.6 is 0 Å². The monoisotopic (exact) mass is 593 g/mol. The molecule has 2 N–H and O–H groups in total. The van der Waals surface area contributed by atoms with E-state index in [0.717, 1.165) is 73.1 Å². The molecule has 4 aromatic rings. The van der Waals surface area contributed by atoms with Gasteiger partial charge in [-0.1, -0.05) is 66.7 Å². The van der Waals surface area contributed by atoms with E-state index >= 15 is 0 Å². The van der Waals surface area contributed by atoms with E-state index in [9.17, 15) is 0 Å². The first kappa shape index (κ1) is 28.7. The Hall–Kier alpha value is -4.04. The van der Waals surface area contributed by atoms with Crippen LogP contribution in [0.4, 0.5) is 0 Å². The fraction of sp³-hybridized carbons (Fsp3) is 0.351. The Bertz CT molecular complexity index is 1630. The van der Waals surface area contributed by atoms with Gasteiger partial charge in [0, 0.05) is 32.2 Å². The molecular weight excluding hydrogens is 554 g/mol. The van der Waals surface area contributed by atoms with Crippen molar-refractivity contribution < 1.29 is 28.4 Å². The summed E-state index contributed by atoms with van der Waals surface area (Å²) in [6.45, 7) is 4.22. The summed E-state index contributed by atoms with van der Waals surface area (Å²) in [6.07, 6.45) is 2.64. The van der Waals surface area contributed by atoms with Crippen molar-refractivity contribution in [3.05, 3.63) is 117 Å². The van der Waals surface area contributed by atoms with Crippen molar-refractivity contribution in [2.45, 2.75) is 32.2 Å². The smallest absolute Gasteiger partial charge is 0.126 e. The highest BCUT2D eigenvalue weighted by Gasteiger charge is 2.23. The summed E-state index contributed by atoms with van der Waals surface area (Å²) in [5, 5.41) is 0. The zero-order chi connectivity index (χ0) is 29.7. The lowest BCUT2D eigenvalue weighted by Gasteiger charge is -2.24. The largest absolute Gasteiger partial charge is 0.491 e. The van der Waals surface area contributed by atoms with Crippen molar-refractivity contribution in [2.24, 2.45) is 5.73 Å². The molecule has 3 aliphatic rings. The maximum Gasteiger partial charge on any atom is 0.126 e. The maximum absolute atomic E-state index is 6.55. The molecule has 12 bridgehead atoms. The lowest BCUT2D eigenvalue weighted by atomic mass is 9.90. The van der Waals surface area contributed by atoms with Gasteiger partial charge in [0.25, 0.3) is 0 Å². The van der Waals surface area contributed by atoms with Gasteiger partial charge in [0.2, 0.25) is 0 Å². The van der Waals surface area contributed by atoms with Crippen molar-refractivity contribution in [3.8, 4) is 23.0 Å². The molecule has 0 spiro atoms. The Kier molecular flexibility index (Phi) is 8.68. The number of benzene rings is 4. The van der Waals surface area contributed by atoms with Crippen LogP contribution in [-0.2, 0) is 41.7 Å². The molecule has 1 aliphatic carbocycles. The van der Waals surface area contributed by atoms with Crippen molar-refractivity contribution in [1.29, 1.82) is 0 Å². The quantitative estimate of drug-likeness (QED) is 0.279. The molecule has 4 aromatic carbocycles. The van der Waals surface area contributed by atoms with Crippen LogP contribution in [0.15, 0.2) is 66.7 Å². The van der Waals surface area contributed by atoms with Gasteiger partial charge in [-0.05, 0) is 50.1 Å². The highest BCUT2D eigenvalue weighted by Crippen LogP contribution is 2.39. The molecule has 0 amide bonds. The zero-order valence-corrected chi connectivity index (χ0v) is 25.1. The second-order valence-corrected chi connectivity index (χ2v) is 11.5. The van der Waals surface area contributed by atoms with Crippen LogP contribution in [-0.4, -0.2) is 52.9 Å². The third-order valence-electron chi connectivity index (χ3n) is 8.49. The summed E-state index contributed by atoms with van der Waals surface area (Å²) < 4.78 is 37.9. The predicted molar refractivity (Wildman–Crippen MR) is 169 cm³/mol. The van der Waals surface area contributed by atoms with E-state index < -0.39 is 0 Å². The average molecular weight is 594 g/mol. The normalized spacial score (nSPS) is 16.8. The van der Waals surface area contributed by atoms with Gasteiger partial charge in [0.05, 0.1) is 26.4 Å². The first-order valence-corrected chi connectivity index (χ1v) is 15.6. The number of hydrogen-bond acceptors (Lipinski definition) is 7. The van der Waals surface area contributed by atoms with Crippen molar-refractivity contribution >= 4 is 0 Å². The Morgan fingerprint density at radius 1 is 0.409 bits per heavy atom. The van der Waals surface area contributed by atoms with Crippen molar-refractivity contribution in [2.75, 3.05) is 52.9 Å². The van der Waals surface area contributed by atoms with Crippen LogP contribution in [0.2, 0.25) is 0 Å². The number of para-hydroxylation sites is 3. The summed E-state index contributed by atoms with van der Waals surface area (Å²) in [6, 6.07) is 23.6. The molecular formula is C37H39NO6. The van der Waals surface area contributed by atoms with E-state index in [1.54, 1.807) is 0 Å². The molecule has 7 heteroatoms. The molecule has 0 saturated heterocycles. The maximum atomic E-state index is 6.55. The summed E-state index contributed by atoms with van der Waals surface area (Å²) in [5.74, 6) is 3.57. The lowest BCUT2D eigenvalue weighted by molar-refractivity contribution is 0.0744. The van der Waals surface area contributed by atoms with Crippen LogP contribution in [0.5, 0.6) is 23.0 Å². The van der Waals surface area contributed by atoms with Gasteiger partial charge < -0.3 is 34.2 Å². The van der Waals surface area contributed by atoms with E-state index in [-0.39, 0.29) is 0 Å². The van der Waals surface area contributed by atoms with Gasteiger partial charge in [-0.15, -0.1) is 0 Å². The van der Waals surface area contributed by atoms with Gasteiger partial charge in [0.1, 0.15) is 49.4 Å². The minimum absolute atomic E-state index is 0.435. The molecule has 0 aromatic heterocycles. The van der Waals surface area contributed by atoms with E-state index in [1.807, 2.05) is 0 Å². The Morgan fingerprint density at radius 3 is 1.02 bits per heavy atom. The van der Waals surface area contributed by atoms with Crippen LogP contribution in [0.3, 0.4) is 0 Å². The SMILES string of the molecule is NCc1cc2c3c(c1)Cc1cccc(c1OCCOCCO3)Cc1cccc3c1OCCOCCOc1c(cccc1C2)C3. The average Bonchev–Trinajstić information content (AvgIpc) is 3.02. The number of hydrogen-bond donors (Lipinski definition) is 1. The van der Waals surface area contributed by atoms with E-state index in [0.29, 0.717) is 85.1 Å². The highest BCUT2D eigenvalue weighted by molar-refractivity contribution is 5.56. The summed E-state index contributed by atoms with van der Waals surface area (Å²) in [7, 11) is 0. The van der Waals surface area contributed by atoms with Crippen LogP contribution in [0.1, 0.15) is 50.1 Å². The van der Waals surface area contributed by atoms with Crippen LogP contribution in [0.25, 0.3) is 0 Å². The van der Waals surface area contributed by atoms with Crippen molar-refractivity contribution in [3.63, 3.8) is 0 Å². The topological polar surface area (TPSA) is 81.4 Å². The zero-order valence-electron chi connectivity index (χ0n) is 25.1. The summed E-state index contributed by atoms with van der Waals surface area (Å²) >= 11 is 0. The fourth-order valence-electron chi connectivity index (χ4n) is 6.53. The third kappa shape index (κ3) is 6.13. The molecule has 228 valence electrons. The van der Waals surface area contributed by atoms with Crippen LogP contribution in [0, 0.1) is 0 Å². The molecule has 2 heterocycles. The van der Waals surface area contributed by atoms with Gasteiger partial charge in [-0.25, -0.2) is 0 Å². The van der Waals surface area contributed by atoms with E-state index in [1.165, 1.54) is 0 Å². The molecule has 0 saturated carbocycles. The summed E-state index contributed by atoms with van der Waals surface area (Å²) in [5.41, 5.74) is 16.2. The first-order valence-electron chi connectivity index (χ1n) is 15.6. The Morgan fingerprint density at radius 2 is 0.705 bits per heavy atom. The molecule has 0 radical (unpaired) electrons. The molecule has 44 heavy (non-hydrogen) atoms. The predicted octanol–water partition coefficient (Wildman–Crippen LogP) is 5.40. The van der Waals surface area contributed by atoms with Crippen LogP contribution < -0.4 is 24.7 Å². The minimum Gasteiger partial charge on any atom is -0.491 e. The van der Waals surface area contributed by atoms with E-state index in [4.69, 9.17) is 34.2 Å². The van der Waals surface area contributed by atoms with Gasteiger partial charge in [-0.2, -0.15) is 0 Å². The molecule has 0 unspecified atom stereocenters. The Balaban J connectivity index is 1.49. The molecule has 7 nitrogen and oxygen atoms in total. The number of nitrogens with two attached hydrogens (primary N) is 1. The van der Waals surface area contributed by atoms with Gasteiger partial charge in [0.15, 0.2) is 0 Å². The summed E-state index contributed by atoms with van der Waals surface area (Å²) in [4.78, 5) is 0. The molecule has 2 aliphatic heterocycles. The first-order chi connectivity index (χ1) is 21.8. The standard InChI is InChI=1S/C37H39NO6/c38-24-25-18-32-22-30-8-2-6-28-20-26-4-1-5-27(34(26)41-14-10-39-11-15-42-35(28)30)21-29-7-3-9-31-23-33(19-25)37(32)44-17-13-40-12-16-43-36(29)31/h1-9,18-19H,10-17,20-24,38H2. The lowest BCUT2D eigenvalue weighted by Crippen LogP contribution is -2.17. The second kappa shape index (κ2) is 13.3.